The highest BCUT2D eigenvalue weighted by atomic mass is 35.5. The summed E-state index contributed by atoms with van der Waals surface area (Å²) in [5, 5.41) is 3.65. The van der Waals surface area contributed by atoms with Crippen molar-refractivity contribution in [3.05, 3.63) is 53.1 Å². The number of hydrogen-bond acceptors (Lipinski definition) is 5. The first-order chi connectivity index (χ1) is 13.1. The molecule has 1 fully saturated rings. The summed E-state index contributed by atoms with van der Waals surface area (Å²) in [6.45, 7) is 4.06. The van der Waals surface area contributed by atoms with E-state index in [1.54, 1.807) is 12.1 Å². The number of morpholine rings is 1. The number of carbonyl (C=O) groups is 1. The molecule has 7 heteroatoms. The van der Waals surface area contributed by atoms with E-state index in [0.29, 0.717) is 41.9 Å². The van der Waals surface area contributed by atoms with Crippen molar-refractivity contribution >= 4 is 23.2 Å². The second kappa shape index (κ2) is 7.76. The van der Waals surface area contributed by atoms with E-state index >= 15 is 0 Å². The molecule has 4 rings (SSSR count). The molecule has 1 saturated heterocycles. The van der Waals surface area contributed by atoms with E-state index in [0.717, 1.165) is 5.56 Å². The summed E-state index contributed by atoms with van der Waals surface area (Å²) in [4.78, 5) is 14.8. The lowest BCUT2D eigenvalue weighted by atomic mass is 10.1. The Balaban J connectivity index is 1.40. The van der Waals surface area contributed by atoms with Crippen LogP contribution in [0.15, 0.2) is 42.5 Å². The minimum Gasteiger partial charge on any atom is -0.454 e. The molecule has 0 radical (unpaired) electrons. The zero-order valence-corrected chi connectivity index (χ0v) is 15.7. The van der Waals surface area contributed by atoms with Crippen molar-refractivity contribution in [1.82, 2.24) is 4.90 Å². The number of nitrogens with zero attached hydrogens (tertiary/aromatic N) is 1. The summed E-state index contributed by atoms with van der Waals surface area (Å²) < 4.78 is 16.5. The Morgan fingerprint density at radius 1 is 1.19 bits per heavy atom. The van der Waals surface area contributed by atoms with Crippen LogP contribution in [0.5, 0.6) is 11.5 Å². The summed E-state index contributed by atoms with van der Waals surface area (Å²) in [5.41, 5.74) is 1.76. The first kappa shape index (κ1) is 18.1. The lowest BCUT2D eigenvalue weighted by molar-refractivity contribution is -0.124. The van der Waals surface area contributed by atoms with Crippen molar-refractivity contribution in [2.24, 2.45) is 0 Å². The number of carbonyl (C=O) groups excluding carboxylic acids is 1. The highest BCUT2D eigenvalue weighted by Crippen LogP contribution is 2.34. The Kier molecular flexibility index (Phi) is 5.20. The Labute approximate surface area is 163 Å². The fourth-order valence-electron chi connectivity index (χ4n) is 3.29. The van der Waals surface area contributed by atoms with Crippen LogP contribution in [0.2, 0.25) is 5.02 Å². The Hall–Kier alpha value is -2.28. The zero-order chi connectivity index (χ0) is 18.8. The number of benzene rings is 2. The minimum absolute atomic E-state index is 0.0642. The predicted octanol–water partition coefficient (Wildman–Crippen LogP) is 3.47. The average Bonchev–Trinajstić information content (AvgIpc) is 3.16. The molecule has 0 spiro atoms. The van der Waals surface area contributed by atoms with E-state index < -0.39 is 0 Å². The zero-order valence-electron chi connectivity index (χ0n) is 15.0. The van der Waals surface area contributed by atoms with Crippen molar-refractivity contribution < 1.29 is 19.0 Å². The van der Waals surface area contributed by atoms with Crippen molar-refractivity contribution in [3.8, 4) is 11.5 Å². The quantitative estimate of drug-likeness (QED) is 0.869. The van der Waals surface area contributed by atoms with Crippen LogP contribution >= 0.6 is 11.6 Å². The Morgan fingerprint density at radius 2 is 1.96 bits per heavy atom. The molecule has 0 saturated carbocycles. The molecule has 6 nitrogen and oxygen atoms in total. The fourth-order valence-corrected chi connectivity index (χ4v) is 3.41. The number of nitrogens with one attached hydrogen (secondary N) is 1. The average molecular weight is 389 g/mol. The van der Waals surface area contributed by atoms with Gasteiger partial charge >= 0.3 is 0 Å². The maximum Gasteiger partial charge on any atom is 0.241 e. The third-order valence-corrected chi connectivity index (χ3v) is 5.16. The van der Waals surface area contributed by atoms with Gasteiger partial charge in [0.05, 0.1) is 18.8 Å². The number of halogens is 1. The van der Waals surface area contributed by atoms with E-state index in [2.05, 4.69) is 10.2 Å². The van der Waals surface area contributed by atoms with Gasteiger partial charge in [0.2, 0.25) is 12.7 Å². The topological polar surface area (TPSA) is 60.0 Å². The van der Waals surface area contributed by atoms with E-state index in [1.165, 1.54) is 0 Å². The monoisotopic (exact) mass is 388 g/mol. The van der Waals surface area contributed by atoms with Gasteiger partial charge in [0.25, 0.3) is 0 Å². The molecule has 2 aliphatic heterocycles. The molecule has 27 heavy (non-hydrogen) atoms. The second-order valence-corrected chi connectivity index (χ2v) is 7.08. The number of anilines is 1. The first-order valence-corrected chi connectivity index (χ1v) is 9.29. The third-order valence-electron chi connectivity index (χ3n) is 4.91. The maximum absolute atomic E-state index is 12.7. The van der Waals surface area contributed by atoms with Gasteiger partial charge < -0.3 is 19.5 Å². The van der Waals surface area contributed by atoms with Gasteiger partial charge in [0, 0.05) is 29.9 Å². The molecular weight excluding hydrogens is 368 g/mol. The Bertz CT molecular complexity index is 827. The van der Waals surface area contributed by atoms with Crippen LogP contribution in [-0.4, -0.2) is 43.3 Å². The lowest BCUT2D eigenvalue weighted by Crippen LogP contribution is -2.48. The molecule has 2 atom stereocenters. The lowest BCUT2D eigenvalue weighted by Gasteiger charge is -2.36. The van der Waals surface area contributed by atoms with Crippen LogP contribution in [0.3, 0.4) is 0 Å². The van der Waals surface area contributed by atoms with Crippen LogP contribution in [0.25, 0.3) is 0 Å². The summed E-state index contributed by atoms with van der Waals surface area (Å²) in [6.07, 6.45) is -0.0724. The van der Waals surface area contributed by atoms with Crippen molar-refractivity contribution in [1.29, 1.82) is 0 Å². The summed E-state index contributed by atoms with van der Waals surface area (Å²) in [7, 11) is 0. The standard InChI is InChI=1S/C20H21ClN2O4/c1-13(20(24)22-16-6-7-17-18(10-16)27-12-26-17)23-8-9-25-19(11-23)14-2-4-15(21)5-3-14/h2-7,10,13,19H,8-9,11-12H2,1H3,(H,22,24)/t13-,19-/m1/s1. The molecule has 0 aliphatic carbocycles. The highest BCUT2D eigenvalue weighted by molar-refractivity contribution is 6.30. The van der Waals surface area contributed by atoms with Crippen LogP contribution in [0.4, 0.5) is 5.69 Å². The number of amides is 1. The fraction of sp³-hybridized carbons (Fsp3) is 0.350. The maximum atomic E-state index is 12.7. The van der Waals surface area contributed by atoms with Gasteiger partial charge in [-0.25, -0.2) is 0 Å². The van der Waals surface area contributed by atoms with Gasteiger partial charge in [-0.3, -0.25) is 9.69 Å². The number of rotatable bonds is 4. The van der Waals surface area contributed by atoms with Crippen molar-refractivity contribution in [3.63, 3.8) is 0 Å². The molecule has 0 bridgehead atoms. The molecule has 2 aliphatic rings. The molecule has 2 aromatic carbocycles. The highest BCUT2D eigenvalue weighted by Gasteiger charge is 2.29. The number of fused-ring (bicyclic) bond motifs is 1. The smallest absolute Gasteiger partial charge is 0.241 e. The molecule has 0 aromatic heterocycles. The van der Waals surface area contributed by atoms with E-state index in [-0.39, 0.29) is 24.8 Å². The van der Waals surface area contributed by atoms with Gasteiger partial charge in [-0.2, -0.15) is 0 Å². The molecule has 2 aromatic rings. The number of ether oxygens (including phenoxy) is 3. The SMILES string of the molecule is C[C@H](C(=O)Nc1ccc2c(c1)OCO2)N1CCO[C@@H](c2ccc(Cl)cc2)C1. The number of hydrogen-bond donors (Lipinski definition) is 1. The summed E-state index contributed by atoms with van der Waals surface area (Å²) in [5.74, 6) is 1.28. The van der Waals surface area contributed by atoms with E-state index in [4.69, 9.17) is 25.8 Å². The minimum atomic E-state index is -0.283. The molecular formula is C20H21ClN2O4. The van der Waals surface area contributed by atoms with Crippen LogP contribution in [0.1, 0.15) is 18.6 Å². The van der Waals surface area contributed by atoms with E-state index in [9.17, 15) is 4.79 Å². The normalized spacial score (nSPS) is 20.3. The predicted molar refractivity (Wildman–Crippen MR) is 102 cm³/mol. The molecule has 2 heterocycles. The van der Waals surface area contributed by atoms with Crippen LogP contribution in [-0.2, 0) is 9.53 Å². The van der Waals surface area contributed by atoms with E-state index in [1.807, 2.05) is 37.3 Å². The second-order valence-electron chi connectivity index (χ2n) is 6.64. The largest absolute Gasteiger partial charge is 0.454 e. The van der Waals surface area contributed by atoms with Gasteiger partial charge in [-0.15, -0.1) is 0 Å². The van der Waals surface area contributed by atoms with Gasteiger partial charge in [-0.05, 0) is 36.8 Å². The van der Waals surface area contributed by atoms with Gasteiger partial charge in [0.1, 0.15) is 0 Å². The molecule has 1 N–H and O–H groups in total. The summed E-state index contributed by atoms with van der Waals surface area (Å²) in [6, 6.07) is 12.8. The third kappa shape index (κ3) is 4.03. The van der Waals surface area contributed by atoms with Gasteiger partial charge in [-0.1, -0.05) is 23.7 Å². The molecule has 142 valence electrons. The van der Waals surface area contributed by atoms with Crippen LogP contribution in [0, 0.1) is 0 Å². The van der Waals surface area contributed by atoms with Gasteiger partial charge in [0.15, 0.2) is 11.5 Å². The molecule has 1 amide bonds. The first-order valence-electron chi connectivity index (χ1n) is 8.92. The van der Waals surface area contributed by atoms with Crippen molar-refractivity contribution in [2.45, 2.75) is 19.1 Å². The summed E-state index contributed by atoms with van der Waals surface area (Å²) >= 11 is 5.96. The van der Waals surface area contributed by atoms with Crippen molar-refractivity contribution in [2.75, 3.05) is 31.8 Å². The molecule has 0 unspecified atom stereocenters. The Morgan fingerprint density at radius 3 is 2.78 bits per heavy atom. The van der Waals surface area contributed by atoms with Crippen LogP contribution < -0.4 is 14.8 Å².